The second-order valence-electron chi connectivity index (χ2n) is 8.18. The SMILES string of the molecule is Cc1ccc2[nH]c(=O)c(CN(Cc3ccccc3)Cc3nnnn3Cc3ccco3)cc2c1. The standard InChI is InChI=1S/C25H24N6O2/c1-18-9-10-23-20(12-18)13-21(25(32)26-23)15-30(14-19-6-3-2-4-7-19)17-24-27-28-29-31(24)16-22-8-5-11-33-22/h2-13H,14-17H2,1H3,(H,26,32). The number of aromatic nitrogens is 5. The Morgan fingerprint density at radius 1 is 1.00 bits per heavy atom. The third-order valence-electron chi connectivity index (χ3n) is 5.58. The molecule has 0 amide bonds. The molecule has 0 aliphatic carbocycles. The molecule has 2 aromatic carbocycles. The Bertz CT molecular complexity index is 1410. The van der Waals surface area contributed by atoms with Crippen molar-refractivity contribution in [2.45, 2.75) is 33.1 Å². The first-order chi connectivity index (χ1) is 16.1. The Hall–Kier alpha value is -4.04. The average molecular weight is 441 g/mol. The summed E-state index contributed by atoms with van der Waals surface area (Å²) in [4.78, 5) is 18.0. The summed E-state index contributed by atoms with van der Waals surface area (Å²) in [6, 6.07) is 21.9. The molecule has 1 N–H and O–H groups in total. The van der Waals surface area contributed by atoms with Gasteiger partial charge in [0.1, 0.15) is 12.3 Å². The smallest absolute Gasteiger partial charge is 0.252 e. The number of furan rings is 1. The van der Waals surface area contributed by atoms with Gasteiger partial charge >= 0.3 is 0 Å². The summed E-state index contributed by atoms with van der Waals surface area (Å²) < 4.78 is 7.18. The molecule has 0 saturated heterocycles. The summed E-state index contributed by atoms with van der Waals surface area (Å²) in [5.74, 6) is 1.48. The van der Waals surface area contributed by atoms with Crippen LogP contribution < -0.4 is 5.56 Å². The van der Waals surface area contributed by atoms with Crippen LogP contribution in [0.2, 0.25) is 0 Å². The van der Waals surface area contributed by atoms with Crippen molar-refractivity contribution in [3.8, 4) is 0 Å². The fourth-order valence-electron chi connectivity index (χ4n) is 3.95. The van der Waals surface area contributed by atoms with Crippen LogP contribution in [0, 0.1) is 6.92 Å². The first kappa shape index (κ1) is 20.8. The van der Waals surface area contributed by atoms with Gasteiger partial charge in [-0.15, -0.1) is 5.10 Å². The van der Waals surface area contributed by atoms with Crippen molar-refractivity contribution in [2.24, 2.45) is 0 Å². The van der Waals surface area contributed by atoms with Crippen LogP contribution in [0.4, 0.5) is 0 Å². The predicted molar refractivity (Wildman–Crippen MR) is 124 cm³/mol. The lowest BCUT2D eigenvalue weighted by Crippen LogP contribution is -2.28. The zero-order valence-corrected chi connectivity index (χ0v) is 18.3. The number of aryl methyl sites for hydroxylation is 1. The molecular formula is C25H24N6O2. The van der Waals surface area contributed by atoms with Gasteiger partial charge in [0.25, 0.3) is 5.56 Å². The van der Waals surface area contributed by atoms with Gasteiger partial charge in [-0.2, -0.15) is 0 Å². The number of fused-ring (bicyclic) bond motifs is 1. The summed E-state index contributed by atoms with van der Waals surface area (Å²) in [6.07, 6.45) is 1.63. The summed E-state index contributed by atoms with van der Waals surface area (Å²) in [5.41, 5.74) is 3.76. The van der Waals surface area contributed by atoms with Crippen LogP contribution in [0.1, 0.15) is 28.3 Å². The molecule has 0 aliphatic heterocycles. The molecule has 8 heteroatoms. The van der Waals surface area contributed by atoms with Crippen molar-refractivity contribution in [2.75, 3.05) is 0 Å². The van der Waals surface area contributed by atoms with E-state index in [2.05, 4.69) is 43.6 Å². The zero-order valence-electron chi connectivity index (χ0n) is 18.3. The molecule has 0 atom stereocenters. The van der Waals surface area contributed by atoms with Gasteiger partial charge in [0.2, 0.25) is 0 Å². The molecule has 0 aliphatic rings. The number of H-pyrrole nitrogens is 1. The molecule has 5 rings (SSSR count). The second-order valence-corrected chi connectivity index (χ2v) is 8.18. The number of aromatic amines is 1. The van der Waals surface area contributed by atoms with E-state index >= 15 is 0 Å². The molecule has 0 fully saturated rings. The van der Waals surface area contributed by atoms with E-state index in [9.17, 15) is 4.79 Å². The van der Waals surface area contributed by atoms with Crippen molar-refractivity contribution < 1.29 is 4.42 Å². The number of tetrazole rings is 1. The molecule has 0 unspecified atom stereocenters. The normalized spacial score (nSPS) is 11.5. The zero-order chi connectivity index (χ0) is 22.6. The van der Waals surface area contributed by atoms with E-state index in [1.807, 2.05) is 55.5 Å². The van der Waals surface area contributed by atoms with E-state index in [1.54, 1.807) is 10.9 Å². The maximum Gasteiger partial charge on any atom is 0.252 e. The maximum absolute atomic E-state index is 12.8. The first-order valence-electron chi connectivity index (χ1n) is 10.8. The Labute approximate surface area is 190 Å². The van der Waals surface area contributed by atoms with Gasteiger partial charge in [0.15, 0.2) is 5.82 Å². The fraction of sp³-hybridized carbons (Fsp3) is 0.200. The third-order valence-corrected chi connectivity index (χ3v) is 5.58. The maximum atomic E-state index is 12.8. The molecule has 8 nitrogen and oxygen atoms in total. The lowest BCUT2D eigenvalue weighted by Gasteiger charge is -2.22. The van der Waals surface area contributed by atoms with E-state index in [4.69, 9.17) is 4.42 Å². The van der Waals surface area contributed by atoms with Crippen LogP contribution in [0.15, 0.2) is 82.2 Å². The monoisotopic (exact) mass is 440 g/mol. The molecule has 0 radical (unpaired) electrons. The highest BCUT2D eigenvalue weighted by atomic mass is 16.3. The highest BCUT2D eigenvalue weighted by molar-refractivity contribution is 5.79. The van der Waals surface area contributed by atoms with Crippen LogP contribution in [0.3, 0.4) is 0 Å². The average Bonchev–Trinajstić information content (AvgIpc) is 3.48. The van der Waals surface area contributed by atoms with E-state index in [0.717, 1.165) is 27.8 Å². The number of nitrogens with zero attached hydrogens (tertiary/aromatic N) is 5. The summed E-state index contributed by atoms with van der Waals surface area (Å²) >= 11 is 0. The van der Waals surface area contributed by atoms with Gasteiger partial charge in [0.05, 0.1) is 12.8 Å². The van der Waals surface area contributed by atoms with Gasteiger partial charge in [0, 0.05) is 24.2 Å². The van der Waals surface area contributed by atoms with Gasteiger partial charge in [-0.05, 0) is 58.6 Å². The Morgan fingerprint density at radius 3 is 2.70 bits per heavy atom. The summed E-state index contributed by atoms with van der Waals surface area (Å²) in [7, 11) is 0. The number of rotatable bonds is 8. The van der Waals surface area contributed by atoms with Crippen LogP contribution in [-0.2, 0) is 26.2 Å². The Morgan fingerprint density at radius 2 is 1.88 bits per heavy atom. The molecular weight excluding hydrogens is 416 g/mol. The highest BCUT2D eigenvalue weighted by Crippen LogP contribution is 2.17. The van der Waals surface area contributed by atoms with Crippen LogP contribution in [0.5, 0.6) is 0 Å². The summed E-state index contributed by atoms with van der Waals surface area (Å²) in [5, 5.41) is 13.2. The lowest BCUT2D eigenvalue weighted by molar-refractivity contribution is 0.235. The minimum absolute atomic E-state index is 0.0837. The number of hydrogen-bond donors (Lipinski definition) is 1. The molecule has 3 aromatic heterocycles. The van der Waals surface area contributed by atoms with Crippen molar-refractivity contribution in [3.05, 3.63) is 112 Å². The number of hydrogen-bond acceptors (Lipinski definition) is 6. The van der Waals surface area contributed by atoms with Gasteiger partial charge in [-0.25, -0.2) is 4.68 Å². The van der Waals surface area contributed by atoms with Crippen LogP contribution in [-0.4, -0.2) is 30.1 Å². The Kier molecular flexibility index (Phi) is 5.82. The third kappa shape index (κ3) is 4.91. The second kappa shape index (κ2) is 9.22. The van der Waals surface area contributed by atoms with E-state index in [1.165, 1.54) is 0 Å². The molecule has 33 heavy (non-hydrogen) atoms. The van der Waals surface area contributed by atoms with Crippen molar-refractivity contribution >= 4 is 10.9 Å². The molecule has 166 valence electrons. The van der Waals surface area contributed by atoms with Gasteiger partial charge < -0.3 is 9.40 Å². The number of nitrogens with one attached hydrogen (secondary N) is 1. The summed E-state index contributed by atoms with van der Waals surface area (Å²) in [6.45, 7) is 4.09. The minimum atomic E-state index is -0.0837. The predicted octanol–water partition coefficient (Wildman–Crippen LogP) is 3.67. The number of benzene rings is 2. The van der Waals surface area contributed by atoms with Crippen molar-refractivity contribution in [1.82, 2.24) is 30.1 Å². The van der Waals surface area contributed by atoms with E-state index in [-0.39, 0.29) is 5.56 Å². The largest absolute Gasteiger partial charge is 0.467 e. The van der Waals surface area contributed by atoms with Crippen molar-refractivity contribution in [3.63, 3.8) is 0 Å². The highest BCUT2D eigenvalue weighted by Gasteiger charge is 2.16. The van der Waals surface area contributed by atoms with Gasteiger partial charge in [-0.1, -0.05) is 42.0 Å². The van der Waals surface area contributed by atoms with E-state index < -0.39 is 0 Å². The fourth-order valence-corrected chi connectivity index (χ4v) is 3.95. The van der Waals surface area contributed by atoms with Crippen molar-refractivity contribution in [1.29, 1.82) is 0 Å². The first-order valence-corrected chi connectivity index (χ1v) is 10.8. The number of pyridine rings is 1. The van der Waals surface area contributed by atoms with Crippen LogP contribution in [0.25, 0.3) is 10.9 Å². The molecule has 3 heterocycles. The van der Waals surface area contributed by atoms with Gasteiger partial charge in [-0.3, -0.25) is 9.69 Å². The van der Waals surface area contributed by atoms with Crippen LogP contribution >= 0.6 is 0 Å². The molecule has 5 aromatic rings. The Balaban J connectivity index is 1.44. The lowest BCUT2D eigenvalue weighted by atomic mass is 10.1. The molecule has 0 saturated carbocycles. The minimum Gasteiger partial charge on any atom is -0.467 e. The molecule has 0 bridgehead atoms. The van der Waals surface area contributed by atoms with E-state index in [0.29, 0.717) is 37.6 Å². The molecule has 0 spiro atoms. The quantitative estimate of drug-likeness (QED) is 0.396. The topological polar surface area (TPSA) is 92.8 Å².